The number of imidazole rings is 1. The molecule has 0 bridgehead atoms. The third-order valence-electron chi connectivity index (χ3n) is 6.76. The quantitative estimate of drug-likeness (QED) is 0.298. The zero-order valence-electron chi connectivity index (χ0n) is 20.4. The van der Waals surface area contributed by atoms with Gasteiger partial charge in [0.05, 0.1) is 25.5 Å². The summed E-state index contributed by atoms with van der Waals surface area (Å²) >= 11 is 12.6. The van der Waals surface area contributed by atoms with Crippen LogP contribution < -0.4 is 14.4 Å². The van der Waals surface area contributed by atoms with Crippen molar-refractivity contribution in [3.05, 3.63) is 81.2 Å². The Balaban J connectivity index is 1.60. The van der Waals surface area contributed by atoms with Gasteiger partial charge in [0.1, 0.15) is 11.9 Å². The molecule has 1 saturated carbocycles. The second kappa shape index (κ2) is 9.04. The lowest BCUT2D eigenvalue weighted by molar-refractivity contribution is 0.0989. The average molecular weight is 536 g/mol. The van der Waals surface area contributed by atoms with E-state index < -0.39 is 6.04 Å². The number of amides is 1. The summed E-state index contributed by atoms with van der Waals surface area (Å²) < 4.78 is 12.9. The van der Waals surface area contributed by atoms with Crippen molar-refractivity contribution >= 4 is 34.8 Å². The Bertz CT molecular complexity index is 1530. The molecule has 1 aliphatic carbocycles. The number of benzene rings is 2. The summed E-state index contributed by atoms with van der Waals surface area (Å²) in [5.41, 5.74) is 4.40. The van der Waals surface area contributed by atoms with Gasteiger partial charge in [0.15, 0.2) is 5.69 Å². The number of ether oxygens (including phenoxy) is 2. The highest BCUT2D eigenvalue weighted by atomic mass is 35.5. The van der Waals surface area contributed by atoms with Crippen molar-refractivity contribution in [2.75, 3.05) is 19.1 Å². The van der Waals surface area contributed by atoms with Crippen molar-refractivity contribution in [2.45, 2.75) is 31.8 Å². The second-order valence-corrected chi connectivity index (χ2v) is 9.98. The fourth-order valence-electron chi connectivity index (χ4n) is 4.91. The third-order valence-corrected chi connectivity index (χ3v) is 7.25. The fourth-order valence-corrected chi connectivity index (χ4v) is 5.20. The molecule has 1 aliphatic heterocycles. The number of aromatic nitrogens is 4. The van der Waals surface area contributed by atoms with Crippen LogP contribution in [0.5, 0.6) is 11.9 Å². The minimum atomic E-state index is -0.427. The lowest BCUT2D eigenvalue weighted by Crippen LogP contribution is -2.30. The first-order chi connectivity index (χ1) is 17.9. The molecule has 10 heteroatoms. The minimum Gasteiger partial charge on any atom is -0.480 e. The lowest BCUT2D eigenvalue weighted by Gasteiger charge is -2.29. The number of hydrogen-bond acceptors (Lipinski definition) is 6. The van der Waals surface area contributed by atoms with Crippen LogP contribution in [0.15, 0.2) is 48.7 Å². The van der Waals surface area contributed by atoms with Gasteiger partial charge in [-0.15, -0.1) is 0 Å². The molecule has 2 aliphatic rings. The summed E-state index contributed by atoms with van der Waals surface area (Å²) in [5, 5.41) is 1.17. The Morgan fingerprint density at radius 3 is 2.38 bits per heavy atom. The summed E-state index contributed by atoms with van der Waals surface area (Å²) in [4.78, 5) is 29.4. The SMILES string of the molecule is COc1ncc(-c2nc3c(n2C2CC2)C(c2ccc(Cl)cc2)N(c2cc(Cl)ccc2C)C3=O)c(OC)n1. The Labute approximate surface area is 223 Å². The fraction of sp³-hybridized carbons (Fsp3) is 0.259. The Hall–Kier alpha value is -3.62. The topological polar surface area (TPSA) is 82.4 Å². The Morgan fingerprint density at radius 1 is 0.973 bits per heavy atom. The smallest absolute Gasteiger partial charge is 0.319 e. The molecule has 1 atom stereocenters. The monoisotopic (exact) mass is 535 g/mol. The maximum Gasteiger partial charge on any atom is 0.319 e. The maximum atomic E-state index is 14.1. The van der Waals surface area contributed by atoms with E-state index in [1.165, 1.54) is 14.2 Å². The normalized spacial score (nSPS) is 16.7. The predicted molar refractivity (Wildman–Crippen MR) is 141 cm³/mol. The van der Waals surface area contributed by atoms with Crippen LogP contribution in [0.4, 0.5) is 5.69 Å². The van der Waals surface area contributed by atoms with Gasteiger partial charge in [-0.25, -0.2) is 9.97 Å². The van der Waals surface area contributed by atoms with E-state index in [1.807, 2.05) is 49.4 Å². The molecule has 37 heavy (non-hydrogen) atoms. The number of hydrogen-bond donors (Lipinski definition) is 0. The van der Waals surface area contributed by atoms with E-state index >= 15 is 0 Å². The van der Waals surface area contributed by atoms with Gasteiger partial charge in [-0.3, -0.25) is 9.69 Å². The van der Waals surface area contributed by atoms with Gasteiger partial charge in [0, 0.05) is 28.0 Å². The first-order valence-electron chi connectivity index (χ1n) is 11.8. The van der Waals surface area contributed by atoms with Crippen LogP contribution >= 0.6 is 23.2 Å². The third kappa shape index (κ3) is 3.91. The largest absolute Gasteiger partial charge is 0.480 e. The zero-order chi connectivity index (χ0) is 25.8. The van der Waals surface area contributed by atoms with Gasteiger partial charge in [-0.1, -0.05) is 41.4 Å². The first-order valence-corrected chi connectivity index (χ1v) is 12.6. The van der Waals surface area contributed by atoms with Crippen molar-refractivity contribution in [3.63, 3.8) is 0 Å². The van der Waals surface area contributed by atoms with Crippen molar-refractivity contribution in [1.82, 2.24) is 19.5 Å². The summed E-state index contributed by atoms with van der Waals surface area (Å²) in [6.45, 7) is 1.97. The van der Waals surface area contributed by atoms with Crippen molar-refractivity contribution in [3.8, 4) is 23.3 Å². The summed E-state index contributed by atoms with van der Waals surface area (Å²) in [6, 6.07) is 13.1. The molecule has 1 fully saturated rings. The molecule has 1 amide bonds. The first kappa shape index (κ1) is 23.8. The molecule has 2 aromatic carbocycles. The van der Waals surface area contributed by atoms with E-state index in [0.717, 1.165) is 35.3 Å². The van der Waals surface area contributed by atoms with Gasteiger partial charge in [-0.05, 0) is 55.2 Å². The Kier molecular flexibility index (Phi) is 5.81. The molecule has 3 heterocycles. The number of halogens is 2. The molecule has 0 radical (unpaired) electrons. The number of anilines is 1. The average Bonchev–Trinajstić information content (AvgIpc) is 3.62. The summed E-state index contributed by atoms with van der Waals surface area (Å²) in [7, 11) is 3.03. The van der Waals surface area contributed by atoms with Crippen molar-refractivity contribution < 1.29 is 14.3 Å². The molecule has 0 spiro atoms. The van der Waals surface area contributed by atoms with Crippen molar-refractivity contribution in [2.24, 2.45) is 0 Å². The maximum absolute atomic E-state index is 14.1. The summed E-state index contributed by atoms with van der Waals surface area (Å²) in [6.07, 6.45) is 3.58. The van der Waals surface area contributed by atoms with E-state index in [4.69, 9.17) is 37.7 Å². The van der Waals surface area contributed by atoms with Crippen LogP contribution in [-0.4, -0.2) is 39.6 Å². The van der Waals surface area contributed by atoms with E-state index in [9.17, 15) is 4.79 Å². The number of carbonyl (C=O) groups excluding carboxylic acids is 1. The van der Waals surface area contributed by atoms with Crippen LogP contribution in [0.2, 0.25) is 10.0 Å². The van der Waals surface area contributed by atoms with E-state index in [0.29, 0.717) is 33.0 Å². The van der Waals surface area contributed by atoms with Crippen LogP contribution in [0.1, 0.15) is 52.2 Å². The minimum absolute atomic E-state index is 0.190. The standard InChI is InChI=1S/C27H23Cl2N5O3/c1-14-4-7-17(29)12-20(14)34-22(15-5-8-16(28)9-6-15)23-21(26(34)35)31-24(33(23)18-10-11-18)19-13-30-27(37-3)32-25(19)36-2/h4-9,12-13,18,22H,10-11H2,1-3H3. The molecule has 0 saturated heterocycles. The number of aryl methyl sites for hydroxylation is 1. The van der Waals surface area contributed by atoms with Crippen molar-refractivity contribution in [1.29, 1.82) is 0 Å². The van der Waals surface area contributed by atoms with Crippen LogP contribution in [0.25, 0.3) is 11.4 Å². The van der Waals surface area contributed by atoms with Gasteiger partial charge in [0.25, 0.3) is 5.91 Å². The highest BCUT2D eigenvalue weighted by Gasteiger charge is 2.47. The van der Waals surface area contributed by atoms with Gasteiger partial charge >= 0.3 is 6.01 Å². The number of carbonyl (C=O) groups is 1. The zero-order valence-corrected chi connectivity index (χ0v) is 21.9. The number of methoxy groups -OCH3 is 2. The predicted octanol–water partition coefficient (Wildman–Crippen LogP) is 6.06. The highest BCUT2D eigenvalue weighted by molar-refractivity contribution is 6.31. The number of rotatable bonds is 6. The molecular formula is C27H23Cl2N5O3. The van der Waals surface area contributed by atoms with E-state index in [1.54, 1.807) is 11.1 Å². The molecular weight excluding hydrogens is 513 g/mol. The number of nitrogens with zero attached hydrogens (tertiary/aromatic N) is 5. The molecule has 2 aromatic heterocycles. The lowest BCUT2D eigenvalue weighted by atomic mass is 10.0. The number of fused-ring (bicyclic) bond motifs is 1. The molecule has 4 aromatic rings. The molecule has 1 unspecified atom stereocenters. The van der Waals surface area contributed by atoms with E-state index in [-0.39, 0.29) is 18.0 Å². The van der Waals surface area contributed by atoms with Gasteiger partial charge in [-0.2, -0.15) is 4.98 Å². The van der Waals surface area contributed by atoms with Gasteiger partial charge < -0.3 is 14.0 Å². The Morgan fingerprint density at radius 2 is 1.70 bits per heavy atom. The molecule has 6 rings (SSSR count). The van der Waals surface area contributed by atoms with Crippen LogP contribution in [-0.2, 0) is 0 Å². The van der Waals surface area contributed by atoms with E-state index in [2.05, 4.69) is 14.5 Å². The van der Waals surface area contributed by atoms with Gasteiger partial charge in [0.2, 0.25) is 5.88 Å². The highest BCUT2D eigenvalue weighted by Crippen LogP contribution is 2.50. The second-order valence-electron chi connectivity index (χ2n) is 9.11. The van der Waals surface area contributed by atoms with Crippen LogP contribution in [0.3, 0.4) is 0 Å². The molecule has 8 nitrogen and oxygen atoms in total. The van der Waals surface area contributed by atoms with Crippen LogP contribution in [0, 0.1) is 6.92 Å². The molecule has 0 N–H and O–H groups in total. The summed E-state index contributed by atoms with van der Waals surface area (Å²) in [5.74, 6) is 0.728. The molecule has 188 valence electrons.